The van der Waals surface area contributed by atoms with E-state index in [4.69, 9.17) is 9.47 Å². The summed E-state index contributed by atoms with van der Waals surface area (Å²) < 4.78 is 11.0. The van der Waals surface area contributed by atoms with Crippen LogP contribution in [0.15, 0.2) is 42.6 Å². The molecule has 0 atom stereocenters. The molecule has 1 aromatic heterocycles. The monoisotopic (exact) mass is 272 g/mol. The fraction of sp³-hybridized carbons (Fsp3) is 0.312. The van der Waals surface area contributed by atoms with Crippen molar-refractivity contribution in [1.29, 1.82) is 0 Å². The highest BCUT2D eigenvalue weighted by Gasteiger charge is 2.04. The summed E-state index contributed by atoms with van der Waals surface area (Å²) in [5, 5.41) is 3.29. The van der Waals surface area contributed by atoms with Crippen LogP contribution in [0.3, 0.4) is 0 Å². The molecule has 0 spiro atoms. The molecule has 0 bridgehead atoms. The van der Waals surface area contributed by atoms with E-state index in [2.05, 4.69) is 29.4 Å². The molecule has 0 aliphatic carbocycles. The van der Waals surface area contributed by atoms with Gasteiger partial charge >= 0.3 is 0 Å². The molecular formula is C16H20N2O2. The number of pyridine rings is 1. The highest BCUT2D eigenvalue weighted by atomic mass is 16.5. The van der Waals surface area contributed by atoms with Crippen LogP contribution >= 0.6 is 0 Å². The van der Waals surface area contributed by atoms with E-state index in [0.717, 1.165) is 24.4 Å². The molecule has 1 aromatic carbocycles. The third-order valence-electron chi connectivity index (χ3n) is 2.94. The average Bonchev–Trinajstić information content (AvgIpc) is 2.52. The fourth-order valence-electron chi connectivity index (χ4n) is 1.85. The molecule has 0 radical (unpaired) electrons. The van der Waals surface area contributed by atoms with Crippen molar-refractivity contribution < 1.29 is 9.47 Å². The Morgan fingerprint density at radius 2 is 1.95 bits per heavy atom. The van der Waals surface area contributed by atoms with Gasteiger partial charge < -0.3 is 14.8 Å². The third-order valence-corrected chi connectivity index (χ3v) is 2.94. The quantitative estimate of drug-likeness (QED) is 0.841. The highest BCUT2D eigenvalue weighted by Crippen LogP contribution is 2.18. The van der Waals surface area contributed by atoms with Gasteiger partial charge in [-0.2, -0.15) is 0 Å². The number of rotatable bonds is 7. The van der Waals surface area contributed by atoms with Gasteiger partial charge in [-0.05, 0) is 36.4 Å². The Kier molecular flexibility index (Phi) is 5.38. The maximum absolute atomic E-state index is 5.75. The molecule has 106 valence electrons. The molecule has 0 aliphatic rings. The van der Waals surface area contributed by atoms with Crippen molar-refractivity contribution >= 4 is 0 Å². The van der Waals surface area contributed by atoms with Crippen LogP contribution in [0.5, 0.6) is 11.6 Å². The number of benzene rings is 1. The fourth-order valence-corrected chi connectivity index (χ4v) is 1.85. The van der Waals surface area contributed by atoms with Crippen molar-refractivity contribution in [2.45, 2.75) is 20.1 Å². The molecule has 0 saturated heterocycles. The zero-order valence-corrected chi connectivity index (χ0v) is 11.9. The molecule has 2 rings (SSSR count). The van der Waals surface area contributed by atoms with Crippen LogP contribution in [0.1, 0.15) is 18.1 Å². The molecular weight excluding hydrogens is 252 g/mol. The van der Waals surface area contributed by atoms with Gasteiger partial charge in [-0.15, -0.1) is 0 Å². The van der Waals surface area contributed by atoms with E-state index in [0.29, 0.717) is 12.5 Å². The first-order valence-electron chi connectivity index (χ1n) is 6.74. The Balaban J connectivity index is 1.93. The topological polar surface area (TPSA) is 43.4 Å². The normalized spacial score (nSPS) is 10.3. The van der Waals surface area contributed by atoms with Gasteiger partial charge in [-0.25, -0.2) is 4.98 Å². The van der Waals surface area contributed by atoms with Crippen LogP contribution in [-0.2, 0) is 13.2 Å². The Hall–Kier alpha value is -2.07. The standard InChI is InChI=1S/C16H20N2O2/c1-3-17-11-13-6-8-15(9-7-13)20-12-14-5-4-10-18-16(14)19-2/h4-10,17H,3,11-12H2,1-2H3. The van der Waals surface area contributed by atoms with Gasteiger partial charge in [0.05, 0.1) is 12.7 Å². The zero-order valence-electron chi connectivity index (χ0n) is 11.9. The van der Waals surface area contributed by atoms with Gasteiger partial charge in [-0.3, -0.25) is 0 Å². The van der Waals surface area contributed by atoms with Gasteiger partial charge in [0.2, 0.25) is 5.88 Å². The van der Waals surface area contributed by atoms with Crippen LogP contribution in [-0.4, -0.2) is 18.6 Å². The summed E-state index contributed by atoms with van der Waals surface area (Å²) in [7, 11) is 1.61. The number of methoxy groups -OCH3 is 1. The summed E-state index contributed by atoms with van der Waals surface area (Å²) in [6.45, 7) is 4.40. The second-order valence-corrected chi connectivity index (χ2v) is 4.38. The average molecular weight is 272 g/mol. The summed E-state index contributed by atoms with van der Waals surface area (Å²) in [4.78, 5) is 4.15. The molecule has 4 heteroatoms. The molecule has 0 saturated carbocycles. The van der Waals surface area contributed by atoms with Crippen molar-refractivity contribution in [2.24, 2.45) is 0 Å². The van der Waals surface area contributed by atoms with Crippen LogP contribution in [0.25, 0.3) is 0 Å². The van der Waals surface area contributed by atoms with Crippen molar-refractivity contribution in [3.8, 4) is 11.6 Å². The van der Waals surface area contributed by atoms with Gasteiger partial charge in [0.25, 0.3) is 0 Å². The van der Waals surface area contributed by atoms with E-state index < -0.39 is 0 Å². The number of aromatic nitrogens is 1. The number of nitrogens with zero attached hydrogens (tertiary/aromatic N) is 1. The molecule has 2 aromatic rings. The van der Waals surface area contributed by atoms with E-state index in [1.54, 1.807) is 13.3 Å². The number of hydrogen-bond acceptors (Lipinski definition) is 4. The summed E-state index contributed by atoms with van der Waals surface area (Å²) in [6, 6.07) is 11.9. The van der Waals surface area contributed by atoms with Crippen LogP contribution in [0.4, 0.5) is 0 Å². The van der Waals surface area contributed by atoms with Crippen molar-refractivity contribution in [3.05, 3.63) is 53.7 Å². The first kappa shape index (κ1) is 14.3. The first-order chi connectivity index (χ1) is 9.83. The maximum atomic E-state index is 5.75. The zero-order chi connectivity index (χ0) is 14.2. The molecule has 1 N–H and O–H groups in total. The lowest BCUT2D eigenvalue weighted by atomic mass is 10.2. The third kappa shape index (κ3) is 3.96. The van der Waals surface area contributed by atoms with Gasteiger partial charge in [-0.1, -0.05) is 19.1 Å². The van der Waals surface area contributed by atoms with Gasteiger partial charge in [0.1, 0.15) is 12.4 Å². The Morgan fingerprint density at radius 1 is 1.15 bits per heavy atom. The van der Waals surface area contributed by atoms with Crippen LogP contribution in [0.2, 0.25) is 0 Å². The van der Waals surface area contributed by atoms with E-state index >= 15 is 0 Å². The van der Waals surface area contributed by atoms with E-state index in [-0.39, 0.29) is 0 Å². The maximum Gasteiger partial charge on any atom is 0.219 e. The van der Waals surface area contributed by atoms with Crippen LogP contribution in [0, 0.1) is 0 Å². The molecule has 20 heavy (non-hydrogen) atoms. The molecule has 1 heterocycles. The Morgan fingerprint density at radius 3 is 2.65 bits per heavy atom. The highest BCUT2D eigenvalue weighted by molar-refractivity contribution is 5.29. The Bertz CT molecular complexity index is 526. The lowest BCUT2D eigenvalue weighted by Crippen LogP contribution is -2.11. The second-order valence-electron chi connectivity index (χ2n) is 4.38. The van der Waals surface area contributed by atoms with E-state index in [9.17, 15) is 0 Å². The minimum absolute atomic E-state index is 0.448. The van der Waals surface area contributed by atoms with Crippen LogP contribution < -0.4 is 14.8 Å². The lowest BCUT2D eigenvalue weighted by Gasteiger charge is -2.09. The van der Waals surface area contributed by atoms with Crippen molar-refractivity contribution in [3.63, 3.8) is 0 Å². The number of nitrogens with one attached hydrogen (secondary N) is 1. The molecule has 0 fully saturated rings. The summed E-state index contributed by atoms with van der Waals surface area (Å²) in [5.41, 5.74) is 2.19. The number of hydrogen-bond donors (Lipinski definition) is 1. The number of ether oxygens (including phenoxy) is 2. The SMILES string of the molecule is CCNCc1ccc(OCc2cccnc2OC)cc1. The molecule has 0 unspecified atom stereocenters. The largest absolute Gasteiger partial charge is 0.489 e. The predicted octanol–water partition coefficient (Wildman–Crippen LogP) is 2.78. The second kappa shape index (κ2) is 7.50. The molecule has 0 aliphatic heterocycles. The van der Waals surface area contributed by atoms with E-state index in [1.165, 1.54) is 5.56 Å². The molecule has 0 amide bonds. The predicted molar refractivity (Wildman–Crippen MR) is 78.9 cm³/mol. The lowest BCUT2D eigenvalue weighted by molar-refractivity contribution is 0.294. The Labute approximate surface area is 119 Å². The summed E-state index contributed by atoms with van der Waals surface area (Å²) in [6.07, 6.45) is 1.71. The summed E-state index contributed by atoms with van der Waals surface area (Å²) >= 11 is 0. The van der Waals surface area contributed by atoms with E-state index in [1.807, 2.05) is 24.3 Å². The van der Waals surface area contributed by atoms with Gasteiger partial charge in [0, 0.05) is 12.7 Å². The molecule has 4 nitrogen and oxygen atoms in total. The van der Waals surface area contributed by atoms with Gasteiger partial charge in [0.15, 0.2) is 0 Å². The summed E-state index contributed by atoms with van der Waals surface area (Å²) in [5.74, 6) is 1.45. The minimum Gasteiger partial charge on any atom is -0.489 e. The minimum atomic E-state index is 0.448. The smallest absolute Gasteiger partial charge is 0.219 e. The van der Waals surface area contributed by atoms with Crippen molar-refractivity contribution in [2.75, 3.05) is 13.7 Å². The first-order valence-corrected chi connectivity index (χ1v) is 6.74. The van der Waals surface area contributed by atoms with Crippen molar-refractivity contribution in [1.82, 2.24) is 10.3 Å².